The molecule has 0 aromatic heterocycles. The van der Waals surface area contributed by atoms with Crippen molar-refractivity contribution in [3.05, 3.63) is 12.2 Å². The number of ether oxygens (including phenoxy) is 1. The first-order valence-corrected chi connectivity index (χ1v) is 4.69. The second-order valence-electron chi connectivity index (χ2n) is 3.66. The van der Waals surface area contributed by atoms with Crippen molar-refractivity contribution in [3.63, 3.8) is 0 Å². The number of allylic oxidation sites excluding steroid dienone is 1. The Hall–Kier alpha value is -0.830. The van der Waals surface area contributed by atoms with Gasteiger partial charge in [-0.15, -0.1) is 0 Å². The van der Waals surface area contributed by atoms with Crippen molar-refractivity contribution in [3.8, 4) is 0 Å². The van der Waals surface area contributed by atoms with Gasteiger partial charge in [0.1, 0.15) is 0 Å². The molecule has 3 nitrogen and oxygen atoms in total. The maximum Gasteiger partial charge on any atom is 0.244 e. The van der Waals surface area contributed by atoms with Gasteiger partial charge in [-0.2, -0.15) is 0 Å². The van der Waals surface area contributed by atoms with Crippen molar-refractivity contribution in [2.45, 2.75) is 32.2 Å². The number of amides is 1. The predicted molar refractivity (Wildman–Crippen MR) is 51.4 cm³/mol. The fourth-order valence-corrected chi connectivity index (χ4v) is 1.44. The molecule has 0 aliphatic carbocycles. The van der Waals surface area contributed by atoms with Crippen molar-refractivity contribution in [2.75, 3.05) is 13.2 Å². The van der Waals surface area contributed by atoms with Gasteiger partial charge in [0.2, 0.25) is 5.91 Å². The second-order valence-corrected chi connectivity index (χ2v) is 3.66. The van der Waals surface area contributed by atoms with Gasteiger partial charge in [-0.05, 0) is 32.8 Å². The summed E-state index contributed by atoms with van der Waals surface area (Å²) in [4.78, 5) is 11.3. The smallest absolute Gasteiger partial charge is 0.244 e. The van der Waals surface area contributed by atoms with Gasteiger partial charge in [0.25, 0.3) is 0 Å². The summed E-state index contributed by atoms with van der Waals surface area (Å²) < 4.78 is 5.24. The highest BCUT2D eigenvalue weighted by Gasteiger charge is 2.27. The van der Waals surface area contributed by atoms with Crippen LogP contribution in [-0.4, -0.2) is 24.7 Å². The standard InChI is InChI=1S/C10H17NO2/c1-3-4-9(12)11-10(2)5-7-13-8-6-10/h3-4H,5-8H2,1-2H3,(H,11,12)/b4-3+. The van der Waals surface area contributed by atoms with Crippen molar-refractivity contribution in [1.29, 1.82) is 0 Å². The van der Waals surface area contributed by atoms with Crippen LogP contribution in [0.15, 0.2) is 12.2 Å². The Morgan fingerprint density at radius 1 is 1.46 bits per heavy atom. The van der Waals surface area contributed by atoms with Gasteiger partial charge >= 0.3 is 0 Å². The average Bonchev–Trinajstić information content (AvgIpc) is 2.04. The molecular weight excluding hydrogens is 166 g/mol. The maximum absolute atomic E-state index is 11.3. The molecule has 0 aromatic rings. The highest BCUT2D eigenvalue weighted by atomic mass is 16.5. The molecule has 3 heteroatoms. The molecule has 1 aliphatic rings. The summed E-state index contributed by atoms with van der Waals surface area (Å²) in [5, 5.41) is 2.99. The Balaban J connectivity index is 2.45. The van der Waals surface area contributed by atoms with Crippen LogP contribution < -0.4 is 5.32 Å². The first kappa shape index (κ1) is 10.3. The van der Waals surface area contributed by atoms with Crippen LogP contribution in [-0.2, 0) is 9.53 Å². The first-order valence-electron chi connectivity index (χ1n) is 4.69. The molecule has 0 aromatic carbocycles. The minimum atomic E-state index is -0.0746. The Labute approximate surface area is 79.2 Å². The van der Waals surface area contributed by atoms with Crippen LogP contribution in [0.1, 0.15) is 26.7 Å². The third kappa shape index (κ3) is 3.19. The second kappa shape index (κ2) is 4.42. The number of carbonyl (C=O) groups is 1. The van der Waals surface area contributed by atoms with Crippen LogP contribution >= 0.6 is 0 Å². The quantitative estimate of drug-likeness (QED) is 0.654. The molecule has 0 unspecified atom stereocenters. The molecule has 0 bridgehead atoms. The van der Waals surface area contributed by atoms with Gasteiger partial charge in [0.15, 0.2) is 0 Å². The van der Waals surface area contributed by atoms with Gasteiger partial charge in [0.05, 0.1) is 0 Å². The number of hydrogen-bond donors (Lipinski definition) is 1. The molecule has 1 saturated heterocycles. The topological polar surface area (TPSA) is 38.3 Å². The van der Waals surface area contributed by atoms with E-state index in [1.54, 1.807) is 12.2 Å². The SMILES string of the molecule is C/C=C/C(=O)NC1(C)CCOCC1. The lowest BCUT2D eigenvalue weighted by Crippen LogP contribution is -2.49. The van der Waals surface area contributed by atoms with Crippen molar-refractivity contribution in [2.24, 2.45) is 0 Å². The van der Waals surface area contributed by atoms with Crippen LogP contribution in [0.4, 0.5) is 0 Å². The van der Waals surface area contributed by atoms with Gasteiger partial charge < -0.3 is 10.1 Å². The Kier molecular flexibility index (Phi) is 3.48. The number of rotatable bonds is 2. The first-order chi connectivity index (χ1) is 6.16. The zero-order valence-electron chi connectivity index (χ0n) is 8.30. The summed E-state index contributed by atoms with van der Waals surface area (Å²) in [6.45, 7) is 5.39. The van der Waals surface area contributed by atoms with Crippen molar-refractivity contribution in [1.82, 2.24) is 5.32 Å². The van der Waals surface area contributed by atoms with E-state index in [4.69, 9.17) is 4.74 Å². The third-order valence-corrected chi connectivity index (χ3v) is 2.34. The van der Waals surface area contributed by atoms with Crippen molar-refractivity contribution < 1.29 is 9.53 Å². The zero-order chi connectivity index (χ0) is 9.73. The number of carbonyl (C=O) groups excluding carboxylic acids is 1. The van der Waals surface area contributed by atoms with Crippen LogP contribution in [0.3, 0.4) is 0 Å². The lowest BCUT2D eigenvalue weighted by atomic mass is 9.92. The molecule has 0 saturated carbocycles. The predicted octanol–water partition coefficient (Wildman–Crippen LogP) is 1.25. The van der Waals surface area contributed by atoms with E-state index in [2.05, 4.69) is 12.2 Å². The molecule has 1 fully saturated rings. The van der Waals surface area contributed by atoms with Gasteiger partial charge in [-0.1, -0.05) is 6.08 Å². The number of hydrogen-bond acceptors (Lipinski definition) is 2. The van der Waals surface area contributed by atoms with E-state index in [0.717, 1.165) is 26.1 Å². The fourth-order valence-electron chi connectivity index (χ4n) is 1.44. The van der Waals surface area contributed by atoms with Gasteiger partial charge in [-0.3, -0.25) is 4.79 Å². The van der Waals surface area contributed by atoms with Gasteiger partial charge in [0, 0.05) is 18.8 Å². The fraction of sp³-hybridized carbons (Fsp3) is 0.700. The largest absolute Gasteiger partial charge is 0.381 e. The van der Waals surface area contributed by atoms with Crippen LogP contribution in [0.25, 0.3) is 0 Å². The molecule has 1 heterocycles. The summed E-state index contributed by atoms with van der Waals surface area (Å²) >= 11 is 0. The highest BCUT2D eigenvalue weighted by Crippen LogP contribution is 2.19. The van der Waals surface area contributed by atoms with E-state index in [1.807, 2.05) is 6.92 Å². The summed E-state index contributed by atoms with van der Waals surface area (Å²) in [7, 11) is 0. The molecule has 1 rings (SSSR count). The van der Waals surface area contributed by atoms with Crippen LogP contribution in [0, 0.1) is 0 Å². The lowest BCUT2D eigenvalue weighted by molar-refractivity contribution is -0.119. The summed E-state index contributed by atoms with van der Waals surface area (Å²) in [5.74, 6) is -0.00750. The van der Waals surface area contributed by atoms with E-state index >= 15 is 0 Å². The summed E-state index contributed by atoms with van der Waals surface area (Å²) in [5.41, 5.74) is -0.0746. The Bertz CT molecular complexity index is 205. The highest BCUT2D eigenvalue weighted by molar-refractivity contribution is 5.87. The lowest BCUT2D eigenvalue weighted by Gasteiger charge is -2.34. The van der Waals surface area contributed by atoms with Crippen LogP contribution in [0.2, 0.25) is 0 Å². The molecule has 13 heavy (non-hydrogen) atoms. The summed E-state index contributed by atoms with van der Waals surface area (Å²) in [6.07, 6.45) is 5.10. The molecule has 1 aliphatic heterocycles. The normalized spacial score (nSPS) is 21.7. The van der Waals surface area contributed by atoms with E-state index in [0.29, 0.717) is 0 Å². The van der Waals surface area contributed by atoms with Crippen LogP contribution in [0.5, 0.6) is 0 Å². The minimum absolute atomic E-state index is 0.00750. The monoisotopic (exact) mass is 183 g/mol. The molecule has 0 atom stereocenters. The molecule has 0 radical (unpaired) electrons. The van der Waals surface area contributed by atoms with Gasteiger partial charge in [-0.25, -0.2) is 0 Å². The third-order valence-electron chi connectivity index (χ3n) is 2.34. The average molecular weight is 183 g/mol. The number of nitrogens with one attached hydrogen (secondary N) is 1. The molecular formula is C10H17NO2. The van der Waals surface area contributed by atoms with Crippen molar-refractivity contribution >= 4 is 5.91 Å². The molecule has 0 spiro atoms. The molecule has 1 amide bonds. The Morgan fingerprint density at radius 2 is 2.08 bits per heavy atom. The Morgan fingerprint density at radius 3 is 2.62 bits per heavy atom. The molecule has 74 valence electrons. The zero-order valence-corrected chi connectivity index (χ0v) is 8.30. The summed E-state index contributed by atoms with van der Waals surface area (Å²) in [6, 6.07) is 0. The van der Waals surface area contributed by atoms with E-state index in [-0.39, 0.29) is 11.4 Å². The van der Waals surface area contributed by atoms with E-state index < -0.39 is 0 Å². The van der Waals surface area contributed by atoms with E-state index in [9.17, 15) is 4.79 Å². The van der Waals surface area contributed by atoms with E-state index in [1.165, 1.54) is 0 Å². The molecule has 1 N–H and O–H groups in total. The maximum atomic E-state index is 11.3. The minimum Gasteiger partial charge on any atom is -0.381 e.